The zero-order valence-electron chi connectivity index (χ0n) is 12.6. The molecule has 0 saturated heterocycles. The van der Waals surface area contributed by atoms with Crippen LogP contribution in [0.4, 0.5) is 0 Å². The number of rotatable bonds is 5. The third-order valence-electron chi connectivity index (χ3n) is 3.79. The van der Waals surface area contributed by atoms with E-state index in [-0.39, 0.29) is 11.8 Å². The number of carbonyl (C=O) groups excluding carboxylic acids is 1. The summed E-state index contributed by atoms with van der Waals surface area (Å²) in [5.74, 6) is 1.35. The molecule has 0 bridgehead atoms. The monoisotopic (exact) mass is 290 g/mol. The summed E-state index contributed by atoms with van der Waals surface area (Å²) in [5.41, 5.74) is 3.39. The van der Waals surface area contributed by atoms with Crippen molar-refractivity contribution in [3.63, 3.8) is 0 Å². The molecule has 0 spiro atoms. The highest BCUT2D eigenvalue weighted by Gasteiger charge is 2.20. The summed E-state index contributed by atoms with van der Waals surface area (Å²) in [6.45, 7) is 0. The van der Waals surface area contributed by atoms with Crippen LogP contribution in [0.3, 0.4) is 0 Å². The van der Waals surface area contributed by atoms with Crippen molar-refractivity contribution in [1.29, 1.82) is 0 Å². The number of ether oxygens (including phenoxy) is 2. The van der Waals surface area contributed by atoms with E-state index in [2.05, 4.69) is 10.5 Å². The van der Waals surface area contributed by atoms with Crippen LogP contribution in [-0.2, 0) is 4.79 Å². The number of carbonyl (C=O) groups is 1. The molecule has 114 valence electrons. The van der Waals surface area contributed by atoms with Crippen molar-refractivity contribution in [3.05, 3.63) is 23.8 Å². The minimum absolute atomic E-state index is 0.00723. The average Bonchev–Trinajstić information content (AvgIpc) is 2.55. The highest BCUT2D eigenvalue weighted by atomic mass is 16.5. The van der Waals surface area contributed by atoms with Crippen molar-refractivity contribution in [2.75, 3.05) is 14.2 Å². The van der Waals surface area contributed by atoms with Crippen LogP contribution in [0.5, 0.6) is 11.5 Å². The highest BCUT2D eigenvalue weighted by Crippen LogP contribution is 2.29. The van der Waals surface area contributed by atoms with E-state index in [0.717, 1.165) is 31.2 Å². The average molecular weight is 290 g/mol. The molecular weight excluding hydrogens is 268 g/mol. The Labute approximate surface area is 125 Å². The molecule has 2 rings (SSSR count). The molecule has 1 saturated carbocycles. The van der Waals surface area contributed by atoms with Gasteiger partial charge in [-0.05, 0) is 25.0 Å². The third kappa shape index (κ3) is 3.97. The van der Waals surface area contributed by atoms with Crippen LogP contribution >= 0.6 is 0 Å². The van der Waals surface area contributed by atoms with Crippen LogP contribution < -0.4 is 14.9 Å². The van der Waals surface area contributed by atoms with E-state index in [9.17, 15) is 4.79 Å². The van der Waals surface area contributed by atoms with Gasteiger partial charge in [0.1, 0.15) is 0 Å². The molecule has 0 unspecified atom stereocenters. The van der Waals surface area contributed by atoms with Gasteiger partial charge in [-0.15, -0.1) is 0 Å². The first-order chi connectivity index (χ1) is 10.3. The van der Waals surface area contributed by atoms with E-state index in [1.165, 1.54) is 6.42 Å². The molecule has 1 aliphatic rings. The number of hydrazone groups is 1. The van der Waals surface area contributed by atoms with Crippen LogP contribution in [-0.4, -0.2) is 26.3 Å². The summed E-state index contributed by atoms with van der Waals surface area (Å²) < 4.78 is 10.5. The maximum atomic E-state index is 12.0. The largest absolute Gasteiger partial charge is 0.493 e. The molecule has 1 aromatic rings. The lowest BCUT2D eigenvalue weighted by molar-refractivity contribution is -0.125. The predicted octanol–water partition coefficient (Wildman–Crippen LogP) is 2.73. The maximum Gasteiger partial charge on any atom is 0.243 e. The standard InChI is InChI=1S/C16H22N2O3/c1-20-14-10-6-9-13(15(14)21-2)11-17-18-16(19)12-7-4-3-5-8-12/h6,9-12H,3-5,7-8H2,1-2H3,(H,18,19)/b17-11-. The van der Waals surface area contributed by atoms with Gasteiger partial charge in [-0.1, -0.05) is 25.3 Å². The van der Waals surface area contributed by atoms with E-state index < -0.39 is 0 Å². The van der Waals surface area contributed by atoms with Gasteiger partial charge in [0, 0.05) is 11.5 Å². The number of para-hydroxylation sites is 1. The molecule has 21 heavy (non-hydrogen) atoms. The zero-order valence-corrected chi connectivity index (χ0v) is 12.6. The summed E-state index contributed by atoms with van der Waals surface area (Å²) in [7, 11) is 3.17. The number of nitrogens with one attached hydrogen (secondary N) is 1. The second kappa shape index (κ2) is 7.67. The van der Waals surface area contributed by atoms with Crippen LogP contribution in [0, 0.1) is 5.92 Å². The maximum absolute atomic E-state index is 12.0. The third-order valence-corrected chi connectivity index (χ3v) is 3.79. The quantitative estimate of drug-likeness (QED) is 0.670. The fourth-order valence-electron chi connectivity index (χ4n) is 2.64. The fraction of sp³-hybridized carbons (Fsp3) is 0.500. The lowest BCUT2D eigenvalue weighted by Gasteiger charge is -2.19. The van der Waals surface area contributed by atoms with Crippen molar-refractivity contribution in [2.45, 2.75) is 32.1 Å². The van der Waals surface area contributed by atoms with E-state index in [1.807, 2.05) is 18.2 Å². The van der Waals surface area contributed by atoms with Crippen LogP contribution in [0.15, 0.2) is 23.3 Å². The minimum Gasteiger partial charge on any atom is -0.493 e. The molecule has 1 N–H and O–H groups in total. The minimum atomic E-state index is 0.00723. The summed E-state index contributed by atoms with van der Waals surface area (Å²) in [5, 5.41) is 4.04. The molecule has 0 radical (unpaired) electrons. The predicted molar refractivity (Wildman–Crippen MR) is 81.9 cm³/mol. The van der Waals surface area contributed by atoms with E-state index in [4.69, 9.17) is 9.47 Å². The van der Waals surface area contributed by atoms with Gasteiger partial charge in [0.2, 0.25) is 5.91 Å². The number of benzene rings is 1. The van der Waals surface area contributed by atoms with Crippen LogP contribution in [0.1, 0.15) is 37.7 Å². The van der Waals surface area contributed by atoms with E-state index in [1.54, 1.807) is 20.4 Å². The summed E-state index contributed by atoms with van der Waals surface area (Å²) in [6.07, 6.45) is 7.00. The van der Waals surface area contributed by atoms with Gasteiger partial charge in [-0.2, -0.15) is 5.10 Å². The van der Waals surface area contributed by atoms with E-state index >= 15 is 0 Å². The lowest BCUT2D eigenvalue weighted by Crippen LogP contribution is -2.28. The normalized spacial score (nSPS) is 15.9. The SMILES string of the molecule is COc1cccc(/C=N\NC(=O)C2CCCCC2)c1OC. The second-order valence-electron chi connectivity index (χ2n) is 5.15. The molecule has 5 heteroatoms. The van der Waals surface area contributed by atoms with Gasteiger partial charge in [0.05, 0.1) is 20.4 Å². The topological polar surface area (TPSA) is 59.9 Å². The Morgan fingerprint density at radius 2 is 2.00 bits per heavy atom. The molecule has 0 heterocycles. The van der Waals surface area contributed by atoms with Crippen molar-refractivity contribution >= 4 is 12.1 Å². The van der Waals surface area contributed by atoms with Crippen molar-refractivity contribution in [2.24, 2.45) is 11.0 Å². The Morgan fingerprint density at radius 1 is 1.24 bits per heavy atom. The molecule has 0 aliphatic heterocycles. The number of nitrogens with zero attached hydrogens (tertiary/aromatic N) is 1. The first-order valence-electron chi connectivity index (χ1n) is 7.30. The summed E-state index contributed by atoms with van der Waals surface area (Å²) in [4.78, 5) is 12.0. The van der Waals surface area contributed by atoms with Gasteiger partial charge in [0.25, 0.3) is 0 Å². The van der Waals surface area contributed by atoms with Gasteiger partial charge >= 0.3 is 0 Å². The summed E-state index contributed by atoms with van der Waals surface area (Å²) in [6, 6.07) is 5.53. The molecule has 1 amide bonds. The Bertz CT molecular complexity index is 508. The van der Waals surface area contributed by atoms with Gasteiger partial charge < -0.3 is 9.47 Å². The van der Waals surface area contributed by atoms with Gasteiger partial charge in [0.15, 0.2) is 11.5 Å². The lowest BCUT2D eigenvalue weighted by atomic mass is 9.89. The Morgan fingerprint density at radius 3 is 2.67 bits per heavy atom. The number of hydrogen-bond acceptors (Lipinski definition) is 4. The Hall–Kier alpha value is -2.04. The Balaban J connectivity index is 1.99. The van der Waals surface area contributed by atoms with Gasteiger partial charge in [-0.25, -0.2) is 5.43 Å². The van der Waals surface area contributed by atoms with Crippen molar-refractivity contribution in [3.8, 4) is 11.5 Å². The first kappa shape index (κ1) is 15.4. The molecule has 1 fully saturated rings. The molecule has 0 atom stereocenters. The second-order valence-corrected chi connectivity index (χ2v) is 5.15. The number of hydrogen-bond donors (Lipinski definition) is 1. The molecule has 0 aromatic heterocycles. The first-order valence-corrected chi connectivity index (χ1v) is 7.30. The highest BCUT2D eigenvalue weighted by molar-refractivity contribution is 5.86. The number of methoxy groups -OCH3 is 2. The molecule has 1 aliphatic carbocycles. The van der Waals surface area contributed by atoms with Crippen LogP contribution in [0.25, 0.3) is 0 Å². The molecule has 5 nitrogen and oxygen atoms in total. The van der Waals surface area contributed by atoms with Crippen LogP contribution in [0.2, 0.25) is 0 Å². The van der Waals surface area contributed by atoms with Gasteiger partial charge in [-0.3, -0.25) is 4.79 Å². The number of amides is 1. The smallest absolute Gasteiger partial charge is 0.243 e. The zero-order chi connectivity index (χ0) is 15.1. The van der Waals surface area contributed by atoms with Crippen molar-refractivity contribution in [1.82, 2.24) is 5.43 Å². The molecular formula is C16H22N2O3. The summed E-state index contributed by atoms with van der Waals surface area (Å²) >= 11 is 0. The fourth-order valence-corrected chi connectivity index (χ4v) is 2.64. The Kier molecular flexibility index (Phi) is 5.60. The molecule has 1 aromatic carbocycles. The van der Waals surface area contributed by atoms with E-state index in [0.29, 0.717) is 11.5 Å². The van der Waals surface area contributed by atoms with Crippen molar-refractivity contribution < 1.29 is 14.3 Å².